The minimum atomic E-state index is -0.585. The molecule has 0 fully saturated rings. The van der Waals surface area contributed by atoms with E-state index >= 15 is 0 Å². The highest BCUT2D eigenvalue weighted by Gasteiger charge is 2.22. The van der Waals surface area contributed by atoms with Gasteiger partial charge in [-0.05, 0) is 87.6 Å². The molecular weight excluding hydrogens is 544 g/mol. The van der Waals surface area contributed by atoms with E-state index in [1.54, 1.807) is 6.20 Å². The van der Waals surface area contributed by atoms with E-state index in [0.717, 1.165) is 61.4 Å². The lowest BCUT2D eigenvalue weighted by Crippen LogP contribution is -2.47. The summed E-state index contributed by atoms with van der Waals surface area (Å²) in [7, 11) is 0. The maximum atomic E-state index is 13.4. The van der Waals surface area contributed by atoms with Crippen LogP contribution in [0.4, 0.5) is 0 Å². The van der Waals surface area contributed by atoms with Crippen LogP contribution in [0.2, 0.25) is 0 Å². The van der Waals surface area contributed by atoms with Gasteiger partial charge in [-0.1, -0.05) is 38.1 Å². The van der Waals surface area contributed by atoms with Gasteiger partial charge in [0.1, 0.15) is 6.04 Å². The Hall–Kier alpha value is -3.53. The SMILES string of the molecule is CCCN(CCC)CCC[C@H](NC(=O)c1ccc(CNCc2ccccn2)s1)C(=O)NCCc1c[nH]c2ccccc12. The number of fused-ring (bicyclic) bond motifs is 1. The molecule has 3 heterocycles. The molecule has 3 aromatic heterocycles. The van der Waals surface area contributed by atoms with E-state index in [1.165, 1.54) is 22.3 Å². The molecule has 4 aromatic rings. The number of amides is 2. The molecule has 4 N–H and O–H groups in total. The number of thiophene rings is 1. The van der Waals surface area contributed by atoms with Crippen molar-refractivity contribution in [2.75, 3.05) is 26.2 Å². The molecule has 0 unspecified atom stereocenters. The molecule has 2 amide bonds. The summed E-state index contributed by atoms with van der Waals surface area (Å²) < 4.78 is 0. The van der Waals surface area contributed by atoms with Crippen molar-refractivity contribution < 1.29 is 9.59 Å². The van der Waals surface area contributed by atoms with Gasteiger partial charge in [0.05, 0.1) is 10.6 Å². The van der Waals surface area contributed by atoms with E-state index in [0.29, 0.717) is 30.9 Å². The van der Waals surface area contributed by atoms with E-state index in [1.807, 2.05) is 48.7 Å². The number of pyridine rings is 1. The number of aromatic nitrogens is 2. The first-order chi connectivity index (χ1) is 20.6. The second-order valence-corrected chi connectivity index (χ2v) is 11.8. The first kappa shape index (κ1) is 31.4. The van der Waals surface area contributed by atoms with Crippen molar-refractivity contribution in [3.8, 4) is 0 Å². The second-order valence-electron chi connectivity index (χ2n) is 10.6. The van der Waals surface area contributed by atoms with Crippen molar-refractivity contribution in [1.82, 2.24) is 30.8 Å². The third kappa shape index (κ3) is 9.51. The molecule has 42 heavy (non-hydrogen) atoms. The molecule has 0 aliphatic rings. The lowest BCUT2D eigenvalue weighted by molar-refractivity contribution is -0.123. The summed E-state index contributed by atoms with van der Waals surface area (Å²) in [5.74, 6) is -0.332. The number of carbonyl (C=O) groups excluding carboxylic acids is 2. The van der Waals surface area contributed by atoms with Gasteiger partial charge < -0.3 is 25.8 Å². The monoisotopic (exact) mass is 588 g/mol. The van der Waals surface area contributed by atoms with E-state index in [-0.39, 0.29) is 11.8 Å². The maximum absolute atomic E-state index is 13.4. The number of rotatable bonds is 18. The Morgan fingerprint density at radius 2 is 1.79 bits per heavy atom. The molecule has 0 aliphatic carbocycles. The minimum absolute atomic E-state index is 0.130. The fourth-order valence-electron chi connectivity index (χ4n) is 5.18. The van der Waals surface area contributed by atoms with Crippen molar-refractivity contribution >= 4 is 34.1 Å². The lowest BCUT2D eigenvalue weighted by atomic mass is 10.1. The summed E-state index contributed by atoms with van der Waals surface area (Å²) in [6.07, 6.45) is 8.15. The Kier molecular flexibility index (Phi) is 12.6. The van der Waals surface area contributed by atoms with Crippen LogP contribution in [0.25, 0.3) is 10.9 Å². The zero-order valence-corrected chi connectivity index (χ0v) is 25.6. The van der Waals surface area contributed by atoms with Gasteiger partial charge >= 0.3 is 0 Å². The predicted molar refractivity (Wildman–Crippen MR) is 172 cm³/mol. The predicted octanol–water partition coefficient (Wildman–Crippen LogP) is 5.27. The van der Waals surface area contributed by atoms with Gasteiger partial charge in [0.15, 0.2) is 0 Å². The number of para-hydroxylation sites is 1. The number of nitrogens with one attached hydrogen (secondary N) is 4. The van der Waals surface area contributed by atoms with Crippen LogP contribution in [0.1, 0.15) is 65.3 Å². The second kappa shape index (κ2) is 16.8. The third-order valence-electron chi connectivity index (χ3n) is 7.25. The summed E-state index contributed by atoms with van der Waals surface area (Å²) in [5.41, 5.74) is 3.24. The van der Waals surface area contributed by atoms with E-state index in [9.17, 15) is 9.59 Å². The summed E-state index contributed by atoms with van der Waals surface area (Å²) in [6, 6.07) is 17.3. The smallest absolute Gasteiger partial charge is 0.262 e. The molecular formula is C33H44N6O2S. The van der Waals surface area contributed by atoms with Gasteiger partial charge in [0.2, 0.25) is 5.91 Å². The van der Waals surface area contributed by atoms with Gasteiger partial charge in [0, 0.05) is 47.8 Å². The largest absolute Gasteiger partial charge is 0.361 e. The first-order valence-corrected chi connectivity index (χ1v) is 15.9. The molecule has 4 rings (SSSR count). The first-order valence-electron chi connectivity index (χ1n) is 15.1. The zero-order chi connectivity index (χ0) is 29.6. The summed E-state index contributed by atoms with van der Waals surface area (Å²) in [4.78, 5) is 38.3. The van der Waals surface area contributed by atoms with Crippen LogP contribution in [-0.4, -0.2) is 58.9 Å². The number of hydrogen-bond donors (Lipinski definition) is 4. The molecule has 0 saturated carbocycles. The summed E-state index contributed by atoms with van der Waals surface area (Å²) in [5, 5.41) is 10.7. The van der Waals surface area contributed by atoms with Crippen LogP contribution in [0.15, 0.2) is 67.0 Å². The number of hydrogen-bond acceptors (Lipinski definition) is 6. The van der Waals surface area contributed by atoms with Gasteiger partial charge in [-0.2, -0.15) is 0 Å². The third-order valence-corrected chi connectivity index (χ3v) is 8.34. The normalized spacial score (nSPS) is 12.1. The topological polar surface area (TPSA) is 102 Å². The average Bonchev–Trinajstić information content (AvgIpc) is 3.65. The van der Waals surface area contributed by atoms with E-state index < -0.39 is 6.04 Å². The maximum Gasteiger partial charge on any atom is 0.262 e. The number of carbonyl (C=O) groups is 2. The van der Waals surface area contributed by atoms with Crippen molar-refractivity contribution in [2.24, 2.45) is 0 Å². The standard InChI is InChI=1S/C33H44N6O2S/c1-3-19-39(20-4-2)21-9-13-30(32(40)36-18-16-25-22-37-29-12-6-5-11-28(25)29)38-33(41)31-15-14-27(42-31)24-34-23-26-10-7-8-17-35-26/h5-8,10-12,14-15,17,22,30,34,37H,3-4,9,13,16,18-21,23-24H2,1-2H3,(H,36,40)(H,38,41)/t30-/m0/s1. The Morgan fingerprint density at radius 1 is 0.976 bits per heavy atom. The minimum Gasteiger partial charge on any atom is -0.361 e. The number of benzene rings is 1. The Labute approximate surface area is 253 Å². The van der Waals surface area contributed by atoms with Gasteiger partial charge in [-0.3, -0.25) is 14.6 Å². The average molecular weight is 589 g/mol. The van der Waals surface area contributed by atoms with Crippen molar-refractivity contribution in [1.29, 1.82) is 0 Å². The number of aromatic amines is 1. The molecule has 0 bridgehead atoms. The Balaban J connectivity index is 1.33. The molecule has 0 saturated heterocycles. The Morgan fingerprint density at radius 3 is 2.57 bits per heavy atom. The van der Waals surface area contributed by atoms with E-state index in [4.69, 9.17) is 0 Å². The van der Waals surface area contributed by atoms with Gasteiger partial charge in [-0.15, -0.1) is 11.3 Å². The quantitative estimate of drug-likeness (QED) is 0.127. The summed E-state index contributed by atoms with van der Waals surface area (Å²) >= 11 is 1.45. The van der Waals surface area contributed by atoms with Crippen LogP contribution in [0, 0.1) is 0 Å². The zero-order valence-electron chi connectivity index (χ0n) is 24.8. The van der Waals surface area contributed by atoms with Crippen molar-refractivity contribution in [3.63, 3.8) is 0 Å². The molecule has 0 spiro atoms. The summed E-state index contributed by atoms with van der Waals surface area (Å²) in [6.45, 7) is 9.22. The number of nitrogens with zero attached hydrogens (tertiary/aromatic N) is 2. The molecule has 1 atom stereocenters. The fourth-order valence-corrected chi connectivity index (χ4v) is 6.06. The molecule has 0 radical (unpaired) electrons. The van der Waals surface area contributed by atoms with Crippen LogP contribution >= 0.6 is 11.3 Å². The highest BCUT2D eigenvalue weighted by molar-refractivity contribution is 7.14. The number of H-pyrrole nitrogens is 1. The van der Waals surface area contributed by atoms with Crippen LogP contribution in [0.5, 0.6) is 0 Å². The van der Waals surface area contributed by atoms with Crippen LogP contribution < -0.4 is 16.0 Å². The Bertz CT molecular complexity index is 1380. The van der Waals surface area contributed by atoms with Crippen molar-refractivity contribution in [2.45, 2.75) is 65.1 Å². The lowest BCUT2D eigenvalue weighted by Gasteiger charge is -2.23. The highest BCUT2D eigenvalue weighted by Crippen LogP contribution is 2.19. The molecule has 0 aliphatic heterocycles. The molecule has 9 heteroatoms. The fraction of sp³-hybridized carbons (Fsp3) is 0.424. The molecule has 224 valence electrons. The molecule has 1 aromatic carbocycles. The van der Waals surface area contributed by atoms with Crippen molar-refractivity contribution in [3.05, 3.63) is 88.0 Å². The van der Waals surface area contributed by atoms with Gasteiger partial charge in [0.25, 0.3) is 5.91 Å². The van der Waals surface area contributed by atoms with Crippen LogP contribution in [-0.2, 0) is 24.3 Å². The van der Waals surface area contributed by atoms with E-state index in [2.05, 4.69) is 56.8 Å². The molecule has 8 nitrogen and oxygen atoms in total. The van der Waals surface area contributed by atoms with Crippen LogP contribution in [0.3, 0.4) is 0 Å². The highest BCUT2D eigenvalue weighted by atomic mass is 32.1. The van der Waals surface area contributed by atoms with Gasteiger partial charge in [-0.25, -0.2) is 0 Å².